The zero-order valence-electron chi connectivity index (χ0n) is 12.5. The maximum Gasteiger partial charge on any atom is 0.273 e. The van der Waals surface area contributed by atoms with E-state index in [1.807, 2.05) is 30.3 Å². The standard InChI is InChI=1S/C16H17BrN4O2/c17-12-13(10-4-2-1-3-5-10)19-20-14(12)16(23)21-8-6-11(7-9-21)15(18)22/h1-5,11H,6-9H2,(H2,18,22)(H,19,20). The number of amides is 2. The Kier molecular flexibility index (Phi) is 4.47. The number of piperidine rings is 1. The second-order valence-electron chi connectivity index (χ2n) is 5.60. The minimum Gasteiger partial charge on any atom is -0.369 e. The van der Waals surface area contributed by atoms with Gasteiger partial charge in [-0.1, -0.05) is 30.3 Å². The van der Waals surface area contributed by atoms with Crippen molar-refractivity contribution in [2.45, 2.75) is 12.8 Å². The summed E-state index contributed by atoms with van der Waals surface area (Å²) in [5.41, 5.74) is 7.40. The van der Waals surface area contributed by atoms with Crippen LogP contribution in [0.25, 0.3) is 11.3 Å². The molecule has 3 N–H and O–H groups in total. The Morgan fingerprint density at radius 1 is 1.22 bits per heavy atom. The summed E-state index contributed by atoms with van der Waals surface area (Å²) in [5, 5.41) is 7.08. The van der Waals surface area contributed by atoms with Gasteiger partial charge in [0.05, 0.1) is 4.47 Å². The maximum absolute atomic E-state index is 12.7. The molecule has 120 valence electrons. The molecule has 2 heterocycles. The smallest absolute Gasteiger partial charge is 0.273 e. The zero-order chi connectivity index (χ0) is 16.4. The molecule has 7 heteroatoms. The number of aromatic amines is 1. The number of nitrogens with two attached hydrogens (primary N) is 1. The predicted molar refractivity (Wildman–Crippen MR) is 89.5 cm³/mol. The van der Waals surface area contributed by atoms with Crippen LogP contribution >= 0.6 is 15.9 Å². The van der Waals surface area contributed by atoms with Gasteiger partial charge in [0.15, 0.2) is 0 Å². The lowest BCUT2D eigenvalue weighted by Gasteiger charge is -2.30. The van der Waals surface area contributed by atoms with Crippen LogP contribution in [0, 0.1) is 5.92 Å². The van der Waals surface area contributed by atoms with Crippen molar-refractivity contribution in [1.29, 1.82) is 0 Å². The van der Waals surface area contributed by atoms with Gasteiger partial charge in [-0.05, 0) is 28.8 Å². The van der Waals surface area contributed by atoms with Gasteiger partial charge in [0, 0.05) is 24.6 Å². The van der Waals surface area contributed by atoms with Crippen LogP contribution < -0.4 is 5.73 Å². The Morgan fingerprint density at radius 2 is 1.87 bits per heavy atom. The van der Waals surface area contributed by atoms with Crippen molar-refractivity contribution in [1.82, 2.24) is 15.1 Å². The molecule has 0 aliphatic carbocycles. The number of hydrogen-bond acceptors (Lipinski definition) is 3. The third-order valence-corrected chi connectivity index (χ3v) is 4.92. The second-order valence-corrected chi connectivity index (χ2v) is 6.39. The molecular formula is C16H17BrN4O2. The molecule has 1 saturated heterocycles. The molecule has 23 heavy (non-hydrogen) atoms. The molecule has 0 unspecified atom stereocenters. The first-order chi connectivity index (χ1) is 11.1. The Bertz CT molecular complexity index is 721. The quantitative estimate of drug-likeness (QED) is 0.859. The summed E-state index contributed by atoms with van der Waals surface area (Å²) in [7, 11) is 0. The molecule has 6 nitrogen and oxygen atoms in total. The number of nitrogens with one attached hydrogen (secondary N) is 1. The van der Waals surface area contributed by atoms with Gasteiger partial charge in [0.1, 0.15) is 11.4 Å². The van der Waals surface area contributed by atoms with Gasteiger partial charge >= 0.3 is 0 Å². The fraction of sp³-hybridized carbons (Fsp3) is 0.312. The number of hydrogen-bond donors (Lipinski definition) is 2. The average molecular weight is 377 g/mol. The number of aromatic nitrogens is 2. The van der Waals surface area contributed by atoms with E-state index < -0.39 is 0 Å². The summed E-state index contributed by atoms with van der Waals surface area (Å²) in [4.78, 5) is 25.6. The van der Waals surface area contributed by atoms with Crippen molar-refractivity contribution in [3.63, 3.8) is 0 Å². The van der Waals surface area contributed by atoms with E-state index in [1.165, 1.54) is 0 Å². The Hall–Kier alpha value is -2.15. The third-order valence-electron chi connectivity index (χ3n) is 4.15. The molecule has 0 bridgehead atoms. The van der Waals surface area contributed by atoms with Crippen LogP contribution in [0.1, 0.15) is 23.3 Å². The molecule has 0 atom stereocenters. The number of carbonyl (C=O) groups is 2. The summed E-state index contributed by atoms with van der Waals surface area (Å²) in [6.45, 7) is 1.05. The lowest BCUT2D eigenvalue weighted by atomic mass is 9.96. The van der Waals surface area contributed by atoms with E-state index in [9.17, 15) is 9.59 Å². The highest BCUT2D eigenvalue weighted by Gasteiger charge is 2.29. The summed E-state index contributed by atoms with van der Waals surface area (Å²) in [5.74, 6) is -0.537. The number of likely N-dealkylation sites (tertiary alicyclic amines) is 1. The monoisotopic (exact) mass is 376 g/mol. The highest BCUT2D eigenvalue weighted by atomic mass is 79.9. The van der Waals surface area contributed by atoms with E-state index in [0.29, 0.717) is 41.8 Å². The fourth-order valence-electron chi connectivity index (χ4n) is 2.78. The molecular weight excluding hydrogens is 360 g/mol. The SMILES string of the molecule is NC(=O)C1CCN(C(=O)c2[nH]nc(-c3ccccc3)c2Br)CC1. The lowest BCUT2D eigenvalue weighted by molar-refractivity contribution is -0.123. The molecule has 1 fully saturated rings. The first-order valence-corrected chi connectivity index (χ1v) is 8.25. The molecule has 1 aromatic carbocycles. The van der Waals surface area contributed by atoms with Gasteiger partial charge in [0.25, 0.3) is 5.91 Å². The molecule has 0 saturated carbocycles. The van der Waals surface area contributed by atoms with Crippen LogP contribution in [0.2, 0.25) is 0 Å². The van der Waals surface area contributed by atoms with Crippen molar-refractivity contribution in [2.75, 3.05) is 13.1 Å². The largest absolute Gasteiger partial charge is 0.369 e. The molecule has 1 aliphatic heterocycles. The molecule has 1 aliphatic rings. The van der Waals surface area contributed by atoms with Crippen LogP contribution in [0.15, 0.2) is 34.8 Å². The summed E-state index contributed by atoms with van der Waals surface area (Å²) >= 11 is 3.47. The van der Waals surface area contributed by atoms with Gasteiger partial charge in [-0.3, -0.25) is 14.7 Å². The number of rotatable bonds is 3. The van der Waals surface area contributed by atoms with E-state index in [-0.39, 0.29) is 17.7 Å². The molecule has 2 aromatic rings. The second kappa shape index (κ2) is 6.54. The van der Waals surface area contributed by atoms with Crippen LogP contribution in [-0.2, 0) is 4.79 Å². The Balaban J connectivity index is 1.77. The van der Waals surface area contributed by atoms with Crippen molar-refractivity contribution < 1.29 is 9.59 Å². The predicted octanol–water partition coefficient (Wildman–Crippen LogP) is 2.18. The number of primary amides is 1. The number of nitrogens with zero attached hydrogens (tertiary/aromatic N) is 2. The number of carbonyl (C=O) groups excluding carboxylic acids is 2. The molecule has 0 spiro atoms. The first kappa shape index (κ1) is 15.7. The van der Waals surface area contributed by atoms with Gasteiger partial charge in [-0.15, -0.1) is 0 Å². The fourth-order valence-corrected chi connectivity index (χ4v) is 3.36. The lowest BCUT2D eigenvalue weighted by Crippen LogP contribution is -2.41. The van der Waals surface area contributed by atoms with E-state index in [0.717, 1.165) is 5.56 Å². The van der Waals surface area contributed by atoms with E-state index in [1.54, 1.807) is 4.90 Å². The Morgan fingerprint density at radius 3 is 2.48 bits per heavy atom. The first-order valence-electron chi connectivity index (χ1n) is 7.46. The van der Waals surface area contributed by atoms with Gasteiger partial charge in [-0.2, -0.15) is 5.10 Å². The summed E-state index contributed by atoms with van der Waals surface area (Å²) in [6, 6.07) is 9.65. The van der Waals surface area contributed by atoms with Crippen LogP contribution in [-0.4, -0.2) is 40.0 Å². The van der Waals surface area contributed by atoms with Crippen LogP contribution in [0.5, 0.6) is 0 Å². The average Bonchev–Trinajstić information content (AvgIpc) is 2.96. The minimum atomic E-state index is -0.286. The van der Waals surface area contributed by atoms with Crippen molar-refractivity contribution in [3.8, 4) is 11.3 Å². The van der Waals surface area contributed by atoms with Gasteiger partial charge < -0.3 is 10.6 Å². The Labute approximate surface area is 142 Å². The van der Waals surface area contributed by atoms with Crippen LogP contribution in [0.3, 0.4) is 0 Å². The minimum absolute atomic E-state index is 0.116. The number of halogens is 1. The van der Waals surface area contributed by atoms with Crippen molar-refractivity contribution in [2.24, 2.45) is 11.7 Å². The van der Waals surface area contributed by atoms with Gasteiger partial charge in [-0.25, -0.2) is 0 Å². The topological polar surface area (TPSA) is 92.1 Å². The van der Waals surface area contributed by atoms with E-state index >= 15 is 0 Å². The van der Waals surface area contributed by atoms with E-state index in [4.69, 9.17) is 5.73 Å². The van der Waals surface area contributed by atoms with E-state index in [2.05, 4.69) is 26.1 Å². The molecule has 0 radical (unpaired) electrons. The highest BCUT2D eigenvalue weighted by Crippen LogP contribution is 2.30. The normalized spacial score (nSPS) is 15.6. The number of H-pyrrole nitrogens is 1. The zero-order valence-corrected chi connectivity index (χ0v) is 14.0. The maximum atomic E-state index is 12.7. The summed E-state index contributed by atoms with van der Waals surface area (Å²) < 4.78 is 0.658. The summed E-state index contributed by atoms with van der Waals surface area (Å²) in [6.07, 6.45) is 1.22. The van der Waals surface area contributed by atoms with Crippen molar-refractivity contribution in [3.05, 3.63) is 40.5 Å². The molecule has 1 aromatic heterocycles. The molecule has 2 amide bonds. The van der Waals surface area contributed by atoms with Crippen LogP contribution in [0.4, 0.5) is 0 Å². The van der Waals surface area contributed by atoms with Crippen molar-refractivity contribution >= 4 is 27.7 Å². The highest BCUT2D eigenvalue weighted by molar-refractivity contribution is 9.10. The third kappa shape index (κ3) is 3.14. The molecule has 3 rings (SSSR count). The van der Waals surface area contributed by atoms with Gasteiger partial charge in [0.2, 0.25) is 5.91 Å². The number of benzene rings is 1.